The molecule has 1 aromatic heterocycles. The van der Waals surface area contributed by atoms with Gasteiger partial charge in [-0.05, 0) is 114 Å². The van der Waals surface area contributed by atoms with E-state index in [-0.39, 0.29) is 46.7 Å². The Labute approximate surface area is 371 Å². The summed E-state index contributed by atoms with van der Waals surface area (Å²) >= 11 is 0. The van der Waals surface area contributed by atoms with E-state index in [1.807, 2.05) is 164 Å². The normalized spacial score (nSPS) is 13.4. The van der Waals surface area contributed by atoms with Gasteiger partial charge in [0.1, 0.15) is 11.2 Å². The van der Waals surface area contributed by atoms with Crippen molar-refractivity contribution in [2.24, 2.45) is 0 Å². The standard InChI is InChI=1S/C60H39NO/c1-2-11-40(12-3-1)41-21-23-42(24-22-41)43-27-33-49(34-28-43)61(50-35-29-44(30-36-50)47-32-37-52-48(39-47)26-25-45-13-4-6-15-51(45)52)57-19-9-8-17-54(57)55-18-10-20-58-59(55)56-38-31-46-14-5-7-16-53(46)60(56)62-58/h1-39H/i27D,28D,29D,30D,33D,34D,35D,36D. The lowest BCUT2D eigenvalue weighted by Gasteiger charge is -2.28. The second-order valence-electron chi connectivity index (χ2n) is 15.4. The Balaban J connectivity index is 1.10. The zero-order valence-corrected chi connectivity index (χ0v) is 33.3. The molecule has 0 aliphatic rings. The van der Waals surface area contributed by atoms with Crippen molar-refractivity contribution < 1.29 is 15.4 Å². The van der Waals surface area contributed by atoms with E-state index >= 15 is 0 Å². The van der Waals surface area contributed by atoms with Crippen molar-refractivity contribution in [2.75, 3.05) is 4.90 Å². The summed E-state index contributed by atoms with van der Waals surface area (Å²) in [6.07, 6.45) is 0. The number of hydrogen-bond donors (Lipinski definition) is 0. The Bertz CT molecular complexity index is 4050. The Kier molecular flexibility index (Phi) is 6.76. The number of para-hydroxylation sites is 1. The second-order valence-corrected chi connectivity index (χ2v) is 15.4. The molecule has 0 amide bonds. The highest BCUT2D eigenvalue weighted by atomic mass is 16.3. The van der Waals surface area contributed by atoms with E-state index in [4.69, 9.17) is 4.42 Å². The fourth-order valence-electron chi connectivity index (χ4n) is 8.78. The summed E-state index contributed by atoms with van der Waals surface area (Å²) in [7, 11) is 0. The van der Waals surface area contributed by atoms with E-state index in [2.05, 4.69) is 0 Å². The van der Waals surface area contributed by atoms with Gasteiger partial charge in [-0.25, -0.2) is 0 Å². The van der Waals surface area contributed by atoms with E-state index in [0.717, 1.165) is 54.2 Å². The van der Waals surface area contributed by atoms with E-state index in [1.165, 1.54) is 4.90 Å². The van der Waals surface area contributed by atoms with Crippen LogP contribution in [0, 0.1) is 0 Å². The third kappa shape index (κ3) is 6.12. The van der Waals surface area contributed by atoms with Gasteiger partial charge in [-0.15, -0.1) is 0 Å². The van der Waals surface area contributed by atoms with E-state index in [0.29, 0.717) is 39.1 Å². The summed E-state index contributed by atoms with van der Waals surface area (Å²) in [6.45, 7) is 0. The average molecular weight is 798 g/mol. The molecule has 0 saturated heterocycles. The first-order valence-corrected chi connectivity index (χ1v) is 20.6. The molecule has 12 aromatic rings. The largest absolute Gasteiger partial charge is 0.455 e. The highest BCUT2D eigenvalue weighted by Crippen LogP contribution is 2.46. The number of rotatable bonds is 7. The highest BCUT2D eigenvalue weighted by Gasteiger charge is 2.21. The zero-order chi connectivity index (χ0) is 47.9. The SMILES string of the molecule is [2H]c1c([2H])c(N(c2ccccc2-c2cccc3oc4c5ccccc5ccc4c23)c2c([2H])c([2H])c(-c3ccc4c(ccc5ccccc54)c3)c([2H])c2[2H])c([2H])c([2H])c1-c1ccc(-c2ccccc2)cc1. The minimum atomic E-state index is -0.418. The minimum absolute atomic E-state index is 0.0902. The number of nitrogens with zero attached hydrogens (tertiary/aromatic N) is 1. The van der Waals surface area contributed by atoms with Crippen LogP contribution in [0.3, 0.4) is 0 Å². The number of fused-ring (bicyclic) bond motifs is 8. The van der Waals surface area contributed by atoms with Gasteiger partial charge in [0.25, 0.3) is 0 Å². The maximum absolute atomic E-state index is 9.84. The molecule has 2 heteroatoms. The molecular weight excluding hydrogens is 751 g/mol. The summed E-state index contributed by atoms with van der Waals surface area (Å²) in [5.74, 6) is 0. The number of furan rings is 1. The maximum atomic E-state index is 9.84. The van der Waals surface area contributed by atoms with Crippen molar-refractivity contribution in [3.8, 4) is 44.5 Å². The first-order valence-electron chi connectivity index (χ1n) is 24.6. The van der Waals surface area contributed by atoms with Gasteiger partial charge in [0.15, 0.2) is 0 Å². The van der Waals surface area contributed by atoms with Crippen LogP contribution in [0.25, 0.3) is 98.8 Å². The zero-order valence-electron chi connectivity index (χ0n) is 41.3. The molecule has 0 unspecified atom stereocenters. The molecule has 0 saturated carbocycles. The summed E-state index contributed by atoms with van der Waals surface area (Å²) in [5, 5.41) is 7.61. The van der Waals surface area contributed by atoms with E-state index < -0.39 is 24.2 Å². The Morgan fingerprint density at radius 2 is 0.855 bits per heavy atom. The molecule has 0 aliphatic heterocycles. The number of benzene rings is 11. The Hall–Kier alpha value is -8.20. The van der Waals surface area contributed by atoms with Crippen LogP contribution >= 0.6 is 0 Å². The second kappa shape index (κ2) is 14.8. The Morgan fingerprint density at radius 1 is 0.339 bits per heavy atom. The lowest BCUT2D eigenvalue weighted by atomic mass is 9.95. The van der Waals surface area contributed by atoms with Crippen molar-refractivity contribution in [1.29, 1.82) is 0 Å². The van der Waals surface area contributed by atoms with Gasteiger partial charge < -0.3 is 9.32 Å². The first kappa shape index (κ1) is 28.3. The predicted octanol–water partition coefficient (Wildman–Crippen LogP) is 17.2. The topological polar surface area (TPSA) is 16.4 Å². The van der Waals surface area contributed by atoms with Crippen LogP contribution in [0.2, 0.25) is 0 Å². The molecule has 0 radical (unpaired) electrons. The quantitative estimate of drug-likeness (QED) is 0.149. The van der Waals surface area contributed by atoms with Crippen LogP contribution in [0.15, 0.2) is 241 Å². The summed E-state index contributed by atoms with van der Waals surface area (Å²) in [6, 6.07) is 57.0. The van der Waals surface area contributed by atoms with Crippen LogP contribution in [0.5, 0.6) is 0 Å². The number of anilines is 3. The molecule has 0 spiro atoms. The molecule has 62 heavy (non-hydrogen) atoms. The Morgan fingerprint density at radius 3 is 1.61 bits per heavy atom. The van der Waals surface area contributed by atoms with Gasteiger partial charge in [-0.2, -0.15) is 0 Å². The molecule has 12 rings (SSSR count). The summed E-state index contributed by atoms with van der Waals surface area (Å²) in [4.78, 5) is 1.39. The molecule has 0 N–H and O–H groups in total. The molecule has 0 bridgehead atoms. The molecular formula is C60H39NO. The fourth-order valence-corrected chi connectivity index (χ4v) is 8.78. The van der Waals surface area contributed by atoms with Gasteiger partial charge in [-0.3, -0.25) is 0 Å². The highest BCUT2D eigenvalue weighted by molar-refractivity contribution is 6.20. The monoisotopic (exact) mass is 797 g/mol. The van der Waals surface area contributed by atoms with Crippen LogP contribution in [-0.4, -0.2) is 0 Å². The molecule has 1 heterocycles. The van der Waals surface area contributed by atoms with Gasteiger partial charge in [0.2, 0.25) is 0 Å². The molecule has 0 fully saturated rings. The molecule has 2 nitrogen and oxygen atoms in total. The average Bonchev–Trinajstić information content (AvgIpc) is 3.80. The van der Waals surface area contributed by atoms with Gasteiger partial charge >= 0.3 is 0 Å². The third-order valence-corrected chi connectivity index (χ3v) is 11.8. The summed E-state index contributed by atoms with van der Waals surface area (Å²) < 4.78 is 84.3. The predicted molar refractivity (Wildman–Crippen MR) is 263 cm³/mol. The van der Waals surface area contributed by atoms with Crippen molar-refractivity contribution in [1.82, 2.24) is 0 Å². The third-order valence-electron chi connectivity index (χ3n) is 11.8. The lowest BCUT2D eigenvalue weighted by molar-refractivity contribution is 0.673. The minimum Gasteiger partial charge on any atom is -0.455 e. The molecule has 290 valence electrons. The van der Waals surface area contributed by atoms with Crippen molar-refractivity contribution >= 4 is 71.3 Å². The number of hydrogen-bond acceptors (Lipinski definition) is 2. The fraction of sp³-hybridized carbons (Fsp3) is 0. The van der Waals surface area contributed by atoms with Crippen molar-refractivity contribution in [3.05, 3.63) is 236 Å². The van der Waals surface area contributed by atoms with Crippen LogP contribution in [0.1, 0.15) is 11.0 Å². The van der Waals surface area contributed by atoms with Crippen LogP contribution in [-0.2, 0) is 0 Å². The lowest BCUT2D eigenvalue weighted by Crippen LogP contribution is -2.11. The van der Waals surface area contributed by atoms with Crippen molar-refractivity contribution in [2.45, 2.75) is 0 Å². The van der Waals surface area contributed by atoms with E-state index in [1.54, 1.807) is 24.3 Å². The molecule has 0 atom stereocenters. The smallest absolute Gasteiger partial charge is 0.143 e. The maximum Gasteiger partial charge on any atom is 0.143 e. The first-order chi connectivity index (χ1) is 34.1. The van der Waals surface area contributed by atoms with Gasteiger partial charge in [0, 0.05) is 33.1 Å². The van der Waals surface area contributed by atoms with Crippen molar-refractivity contribution in [3.63, 3.8) is 0 Å². The van der Waals surface area contributed by atoms with Gasteiger partial charge in [-0.1, -0.05) is 188 Å². The molecule has 0 aliphatic carbocycles. The van der Waals surface area contributed by atoms with Gasteiger partial charge in [0.05, 0.1) is 16.7 Å². The van der Waals surface area contributed by atoms with Crippen LogP contribution < -0.4 is 4.90 Å². The van der Waals surface area contributed by atoms with E-state index in [9.17, 15) is 11.0 Å². The van der Waals surface area contributed by atoms with Crippen LogP contribution in [0.4, 0.5) is 17.1 Å². The molecule has 11 aromatic carbocycles. The summed E-state index contributed by atoms with van der Waals surface area (Å²) in [5.41, 5.74) is 5.56.